The van der Waals surface area contributed by atoms with Gasteiger partial charge in [-0.25, -0.2) is 12.7 Å². The number of hydrogen-bond acceptors (Lipinski definition) is 4. The number of benzene rings is 1. The highest BCUT2D eigenvalue weighted by Gasteiger charge is 2.20. The van der Waals surface area contributed by atoms with Crippen LogP contribution in [0.3, 0.4) is 0 Å². The summed E-state index contributed by atoms with van der Waals surface area (Å²) < 4.78 is 25.8. The first-order chi connectivity index (χ1) is 11.3. The summed E-state index contributed by atoms with van der Waals surface area (Å²) in [5, 5.41) is 9.49. The molecule has 1 amide bonds. The fraction of sp³-hybridized carbons (Fsp3) is 0.375. The molecule has 0 fully saturated rings. The molecule has 1 aromatic heterocycles. The lowest BCUT2D eigenvalue weighted by atomic mass is 10.2. The quantitative estimate of drug-likeness (QED) is 0.835. The summed E-state index contributed by atoms with van der Waals surface area (Å²) in [7, 11) is -0.631. The maximum atomic E-state index is 12.3. The van der Waals surface area contributed by atoms with Crippen molar-refractivity contribution in [1.29, 1.82) is 0 Å². The summed E-state index contributed by atoms with van der Waals surface area (Å²) in [4.78, 5) is 12.4. The van der Waals surface area contributed by atoms with Crippen molar-refractivity contribution < 1.29 is 13.2 Å². The van der Waals surface area contributed by atoms with Crippen LogP contribution >= 0.6 is 0 Å². The van der Waals surface area contributed by atoms with E-state index in [2.05, 4.69) is 15.5 Å². The van der Waals surface area contributed by atoms with Gasteiger partial charge in [-0.1, -0.05) is 19.4 Å². The van der Waals surface area contributed by atoms with Crippen molar-refractivity contribution in [2.45, 2.75) is 31.6 Å². The van der Waals surface area contributed by atoms with E-state index in [1.54, 1.807) is 25.1 Å². The maximum absolute atomic E-state index is 12.3. The predicted octanol–water partition coefficient (Wildman–Crippen LogP) is 2.17. The highest BCUT2D eigenvalue weighted by atomic mass is 32.2. The summed E-state index contributed by atoms with van der Waals surface area (Å²) in [6, 6.07) is 6.49. The number of aromatic amines is 1. The van der Waals surface area contributed by atoms with Crippen LogP contribution in [0.2, 0.25) is 0 Å². The van der Waals surface area contributed by atoms with Crippen LogP contribution in [0.1, 0.15) is 35.1 Å². The van der Waals surface area contributed by atoms with Crippen molar-refractivity contribution in [3.8, 4) is 0 Å². The zero-order valence-corrected chi connectivity index (χ0v) is 15.1. The van der Waals surface area contributed by atoms with Gasteiger partial charge in [0.25, 0.3) is 5.91 Å². The number of nitrogens with zero attached hydrogens (tertiary/aromatic N) is 2. The number of rotatable bonds is 6. The van der Waals surface area contributed by atoms with Crippen LogP contribution in [0.25, 0.3) is 0 Å². The smallest absolute Gasteiger partial charge is 0.276 e. The lowest BCUT2D eigenvalue weighted by Crippen LogP contribution is -2.23. The van der Waals surface area contributed by atoms with Gasteiger partial charge in [-0.15, -0.1) is 0 Å². The Kier molecular flexibility index (Phi) is 5.40. The van der Waals surface area contributed by atoms with Crippen molar-refractivity contribution in [2.75, 3.05) is 19.4 Å². The van der Waals surface area contributed by atoms with Crippen LogP contribution < -0.4 is 5.32 Å². The van der Waals surface area contributed by atoms with E-state index in [1.165, 1.54) is 20.2 Å². The van der Waals surface area contributed by atoms with Gasteiger partial charge in [-0.3, -0.25) is 9.89 Å². The number of H-pyrrole nitrogens is 1. The van der Waals surface area contributed by atoms with Gasteiger partial charge in [0.15, 0.2) is 5.69 Å². The molecule has 1 aromatic carbocycles. The maximum Gasteiger partial charge on any atom is 0.276 e. The molecule has 7 nitrogen and oxygen atoms in total. The Morgan fingerprint density at radius 3 is 2.62 bits per heavy atom. The van der Waals surface area contributed by atoms with E-state index in [-0.39, 0.29) is 16.5 Å². The number of aryl methyl sites for hydroxylation is 2. The summed E-state index contributed by atoms with van der Waals surface area (Å²) in [5.41, 5.74) is 2.19. The second-order valence-corrected chi connectivity index (χ2v) is 7.87. The van der Waals surface area contributed by atoms with E-state index in [1.807, 2.05) is 6.92 Å². The topological polar surface area (TPSA) is 95.2 Å². The van der Waals surface area contributed by atoms with E-state index in [9.17, 15) is 13.2 Å². The van der Waals surface area contributed by atoms with Crippen LogP contribution in [-0.4, -0.2) is 42.9 Å². The molecule has 130 valence electrons. The Morgan fingerprint density at radius 2 is 2.00 bits per heavy atom. The lowest BCUT2D eigenvalue weighted by molar-refractivity contribution is 0.102. The average Bonchev–Trinajstić information content (AvgIpc) is 2.98. The van der Waals surface area contributed by atoms with Gasteiger partial charge in [0.2, 0.25) is 10.0 Å². The summed E-state index contributed by atoms with van der Waals surface area (Å²) in [6.07, 6.45) is 1.77. The highest BCUT2D eigenvalue weighted by molar-refractivity contribution is 7.89. The molecule has 2 N–H and O–H groups in total. The number of carbonyl (C=O) groups excluding carboxylic acids is 1. The van der Waals surface area contributed by atoms with Crippen LogP contribution in [0.15, 0.2) is 29.2 Å². The van der Waals surface area contributed by atoms with Gasteiger partial charge in [0, 0.05) is 25.5 Å². The number of nitrogens with one attached hydrogen (secondary N) is 2. The Labute approximate surface area is 142 Å². The zero-order valence-electron chi connectivity index (χ0n) is 14.3. The largest absolute Gasteiger partial charge is 0.321 e. The van der Waals surface area contributed by atoms with Crippen LogP contribution in [0, 0.1) is 6.92 Å². The van der Waals surface area contributed by atoms with Gasteiger partial charge in [-0.2, -0.15) is 5.10 Å². The molecule has 0 saturated heterocycles. The number of aromatic nitrogens is 2. The molecule has 0 aliphatic heterocycles. The molecule has 24 heavy (non-hydrogen) atoms. The SMILES string of the molecule is CCCc1cc(C(=O)Nc2ccc(C)c(S(=O)(=O)N(C)C)c2)n[nH]1. The van der Waals surface area contributed by atoms with Crippen LogP contribution in [0.4, 0.5) is 5.69 Å². The number of carbonyl (C=O) groups is 1. The monoisotopic (exact) mass is 350 g/mol. The molecule has 0 spiro atoms. The van der Waals surface area contributed by atoms with Gasteiger partial charge in [-0.05, 0) is 37.1 Å². The molecular formula is C16H22N4O3S. The first kappa shape index (κ1) is 18.2. The number of anilines is 1. The van der Waals surface area contributed by atoms with Gasteiger partial charge >= 0.3 is 0 Å². The third-order valence-corrected chi connectivity index (χ3v) is 5.54. The minimum Gasteiger partial charge on any atom is -0.321 e. The molecule has 0 bridgehead atoms. The molecular weight excluding hydrogens is 328 g/mol. The summed E-state index contributed by atoms with van der Waals surface area (Å²) in [5.74, 6) is -0.384. The predicted molar refractivity (Wildman–Crippen MR) is 92.6 cm³/mol. The third kappa shape index (κ3) is 3.82. The van der Waals surface area contributed by atoms with Crippen molar-refractivity contribution >= 4 is 21.6 Å². The second kappa shape index (κ2) is 7.14. The number of sulfonamides is 1. The molecule has 0 saturated carbocycles. The molecule has 0 aliphatic carbocycles. The standard InChI is InChI=1S/C16H22N4O3S/c1-5-6-13-9-14(19-18-13)16(21)17-12-8-7-11(2)15(10-12)24(22,23)20(3)4/h7-10H,5-6H2,1-4H3,(H,17,21)(H,18,19). The fourth-order valence-corrected chi connectivity index (χ4v) is 3.37. The minimum atomic E-state index is -3.57. The Morgan fingerprint density at radius 1 is 1.29 bits per heavy atom. The van der Waals surface area contributed by atoms with E-state index in [0.29, 0.717) is 11.3 Å². The van der Waals surface area contributed by atoms with E-state index >= 15 is 0 Å². The Balaban J connectivity index is 2.25. The average molecular weight is 350 g/mol. The molecule has 2 rings (SSSR count). The van der Waals surface area contributed by atoms with Gasteiger partial charge < -0.3 is 5.32 Å². The second-order valence-electron chi connectivity index (χ2n) is 5.75. The number of hydrogen-bond donors (Lipinski definition) is 2. The van der Waals surface area contributed by atoms with Crippen molar-refractivity contribution in [3.63, 3.8) is 0 Å². The van der Waals surface area contributed by atoms with Gasteiger partial charge in [0.1, 0.15) is 0 Å². The van der Waals surface area contributed by atoms with Crippen molar-refractivity contribution in [3.05, 3.63) is 41.2 Å². The molecule has 2 aromatic rings. The van der Waals surface area contributed by atoms with Crippen molar-refractivity contribution in [1.82, 2.24) is 14.5 Å². The fourth-order valence-electron chi connectivity index (χ4n) is 2.22. The van der Waals surface area contributed by atoms with E-state index in [0.717, 1.165) is 22.8 Å². The zero-order chi connectivity index (χ0) is 17.9. The summed E-state index contributed by atoms with van der Waals surface area (Å²) >= 11 is 0. The lowest BCUT2D eigenvalue weighted by Gasteiger charge is -2.15. The van der Waals surface area contributed by atoms with E-state index in [4.69, 9.17) is 0 Å². The third-order valence-electron chi connectivity index (χ3n) is 3.59. The molecule has 0 unspecified atom stereocenters. The first-order valence-electron chi connectivity index (χ1n) is 7.64. The molecule has 8 heteroatoms. The van der Waals surface area contributed by atoms with Crippen molar-refractivity contribution in [2.24, 2.45) is 0 Å². The first-order valence-corrected chi connectivity index (χ1v) is 9.08. The minimum absolute atomic E-state index is 0.166. The highest BCUT2D eigenvalue weighted by Crippen LogP contribution is 2.22. The molecule has 0 aliphatic rings. The molecule has 0 atom stereocenters. The molecule has 0 radical (unpaired) electrons. The summed E-state index contributed by atoms with van der Waals surface area (Å²) in [6.45, 7) is 3.76. The normalized spacial score (nSPS) is 11.7. The Hall–Kier alpha value is -2.19. The molecule has 1 heterocycles. The number of amides is 1. The van der Waals surface area contributed by atoms with Crippen LogP contribution in [0.5, 0.6) is 0 Å². The van der Waals surface area contributed by atoms with E-state index < -0.39 is 10.0 Å². The van der Waals surface area contributed by atoms with Gasteiger partial charge in [0.05, 0.1) is 4.90 Å². The van der Waals surface area contributed by atoms with Crippen LogP contribution in [-0.2, 0) is 16.4 Å². The Bertz CT molecular complexity index is 841.